The zero-order valence-corrected chi connectivity index (χ0v) is 10.3. The number of carbonyl (C=O) groups is 1. The van der Waals surface area contributed by atoms with E-state index in [1.807, 2.05) is 19.2 Å². The van der Waals surface area contributed by atoms with Gasteiger partial charge in [-0.1, -0.05) is 23.7 Å². The molecule has 3 nitrogen and oxygen atoms in total. The van der Waals surface area contributed by atoms with Gasteiger partial charge in [0.1, 0.15) is 0 Å². The molecule has 1 aromatic carbocycles. The molecule has 0 aliphatic carbocycles. The van der Waals surface area contributed by atoms with Crippen LogP contribution in [-0.4, -0.2) is 30.8 Å². The number of halogens is 4. The molecule has 7 heteroatoms. The van der Waals surface area contributed by atoms with Gasteiger partial charge in [0, 0.05) is 5.02 Å². The van der Waals surface area contributed by atoms with E-state index in [9.17, 15) is 13.2 Å². The van der Waals surface area contributed by atoms with Gasteiger partial charge >= 0.3 is 12.1 Å². The van der Waals surface area contributed by atoms with Gasteiger partial charge in [0.05, 0.1) is 0 Å². The average molecular weight is 284 g/mol. The zero-order chi connectivity index (χ0) is 14.2. The third-order valence-corrected chi connectivity index (χ3v) is 2.07. The lowest BCUT2D eigenvalue weighted by molar-refractivity contribution is -0.192. The topological polar surface area (TPSA) is 49.3 Å². The summed E-state index contributed by atoms with van der Waals surface area (Å²) in [7, 11) is 1.95. The smallest absolute Gasteiger partial charge is 0.475 e. The van der Waals surface area contributed by atoms with E-state index in [0.717, 1.165) is 18.0 Å². The molecule has 0 heterocycles. The van der Waals surface area contributed by atoms with E-state index >= 15 is 0 Å². The van der Waals surface area contributed by atoms with Gasteiger partial charge in [-0.15, -0.1) is 0 Å². The Labute approximate surface area is 108 Å². The fourth-order valence-corrected chi connectivity index (χ4v) is 1.05. The highest BCUT2D eigenvalue weighted by Crippen LogP contribution is 2.13. The Bertz CT molecular complexity index is 366. The lowest BCUT2D eigenvalue weighted by Crippen LogP contribution is -2.21. The highest BCUT2D eigenvalue weighted by atomic mass is 35.5. The number of rotatable bonds is 3. The third kappa shape index (κ3) is 7.92. The van der Waals surface area contributed by atoms with Crippen LogP contribution in [0.25, 0.3) is 0 Å². The maximum absolute atomic E-state index is 10.6. The van der Waals surface area contributed by atoms with E-state index in [4.69, 9.17) is 21.5 Å². The Hall–Kier alpha value is -1.27. The number of aliphatic carboxylic acids is 1. The van der Waals surface area contributed by atoms with Gasteiger partial charge in [-0.3, -0.25) is 0 Å². The summed E-state index contributed by atoms with van der Waals surface area (Å²) < 4.78 is 31.7. The van der Waals surface area contributed by atoms with Crippen molar-refractivity contribution in [3.63, 3.8) is 0 Å². The van der Waals surface area contributed by atoms with Crippen LogP contribution in [0.15, 0.2) is 24.3 Å². The van der Waals surface area contributed by atoms with Crippen LogP contribution in [0, 0.1) is 0 Å². The van der Waals surface area contributed by atoms with Crippen molar-refractivity contribution in [2.45, 2.75) is 12.6 Å². The number of benzene rings is 1. The number of alkyl halides is 3. The van der Waals surface area contributed by atoms with Gasteiger partial charge in [0.25, 0.3) is 0 Å². The van der Waals surface area contributed by atoms with Gasteiger partial charge < -0.3 is 10.4 Å². The summed E-state index contributed by atoms with van der Waals surface area (Å²) in [6.45, 7) is 1.02. The normalized spacial score (nSPS) is 10.5. The van der Waals surface area contributed by atoms with Crippen molar-refractivity contribution in [1.29, 1.82) is 0 Å². The van der Waals surface area contributed by atoms with Gasteiger partial charge in [0.15, 0.2) is 0 Å². The fraction of sp³-hybridized carbons (Fsp3) is 0.364. The maximum atomic E-state index is 10.6. The number of likely N-dealkylation sites (N-methyl/N-ethyl adjacent to an activating group) is 1. The second-order valence-corrected chi connectivity index (χ2v) is 3.72. The Kier molecular flexibility index (Phi) is 7.38. The fourth-order valence-electron chi connectivity index (χ4n) is 0.920. The number of nitrogens with one attached hydrogen (secondary N) is 1. The molecule has 102 valence electrons. The minimum absolute atomic E-state index is 0.804. The summed E-state index contributed by atoms with van der Waals surface area (Å²) in [5, 5.41) is 11.0. The van der Waals surface area contributed by atoms with Crippen LogP contribution in [-0.2, 0) is 11.2 Å². The number of hydrogen-bond donors (Lipinski definition) is 2. The van der Waals surface area contributed by atoms with Gasteiger partial charge in [-0.05, 0) is 37.7 Å². The van der Waals surface area contributed by atoms with Crippen LogP contribution in [0.3, 0.4) is 0 Å². The van der Waals surface area contributed by atoms with Gasteiger partial charge in [-0.2, -0.15) is 13.2 Å². The Balaban J connectivity index is 0.000000360. The van der Waals surface area contributed by atoms with Crippen LogP contribution in [0.2, 0.25) is 5.02 Å². The Morgan fingerprint density at radius 3 is 2.11 bits per heavy atom. The largest absolute Gasteiger partial charge is 0.490 e. The summed E-state index contributed by atoms with van der Waals surface area (Å²) in [5.41, 5.74) is 1.32. The lowest BCUT2D eigenvalue weighted by atomic mass is 10.1. The molecule has 1 rings (SSSR count). The molecule has 0 aromatic heterocycles. The minimum atomic E-state index is -5.08. The molecule has 0 atom stereocenters. The van der Waals surface area contributed by atoms with Crippen LogP contribution >= 0.6 is 11.6 Å². The van der Waals surface area contributed by atoms with E-state index in [1.165, 1.54) is 5.56 Å². The number of carboxylic acids is 1. The molecule has 0 fully saturated rings. The van der Waals surface area contributed by atoms with Crippen molar-refractivity contribution in [3.8, 4) is 0 Å². The van der Waals surface area contributed by atoms with E-state index < -0.39 is 12.1 Å². The zero-order valence-electron chi connectivity index (χ0n) is 9.59. The van der Waals surface area contributed by atoms with Crippen molar-refractivity contribution in [2.75, 3.05) is 13.6 Å². The SMILES string of the molecule is CNCCc1ccc(Cl)cc1.O=C(O)C(F)(F)F. The van der Waals surface area contributed by atoms with Gasteiger partial charge in [-0.25, -0.2) is 4.79 Å². The molecule has 0 spiro atoms. The predicted molar refractivity (Wildman–Crippen MR) is 62.8 cm³/mol. The standard InChI is InChI=1S/C9H12ClN.C2HF3O2/c1-11-7-6-8-2-4-9(10)5-3-8;3-2(4,5)1(6)7/h2-5,11H,6-7H2,1H3;(H,6,7). The molecule has 0 aliphatic rings. The molecule has 1 aromatic rings. The third-order valence-electron chi connectivity index (χ3n) is 1.82. The van der Waals surface area contributed by atoms with Crippen LogP contribution < -0.4 is 5.32 Å². The Morgan fingerprint density at radius 1 is 1.33 bits per heavy atom. The molecular weight excluding hydrogens is 271 g/mol. The quantitative estimate of drug-likeness (QED) is 0.897. The van der Waals surface area contributed by atoms with Crippen LogP contribution in [0.5, 0.6) is 0 Å². The van der Waals surface area contributed by atoms with E-state index in [0.29, 0.717) is 0 Å². The maximum Gasteiger partial charge on any atom is 0.490 e. The summed E-state index contributed by atoms with van der Waals surface area (Å²) in [6, 6.07) is 7.96. The summed E-state index contributed by atoms with van der Waals surface area (Å²) in [6.07, 6.45) is -4.02. The molecule has 0 amide bonds. The molecule has 0 unspecified atom stereocenters. The first-order valence-electron chi connectivity index (χ1n) is 4.96. The molecular formula is C11H13ClF3NO2. The van der Waals surface area contributed by atoms with E-state index in [2.05, 4.69) is 17.4 Å². The predicted octanol–water partition coefficient (Wildman–Crippen LogP) is 2.74. The van der Waals surface area contributed by atoms with Crippen molar-refractivity contribution in [1.82, 2.24) is 5.32 Å². The number of hydrogen-bond acceptors (Lipinski definition) is 2. The summed E-state index contributed by atoms with van der Waals surface area (Å²) in [4.78, 5) is 8.90. The van der Waals surface area contributed by atoms with Crippen molar-refractivity contribution in [2.24, 2.45) is 0 Å². The summed E-state index contributed by atoms with van der Waals surface area (Å²) in [5.74, 6) is -2.76. The lowest BCUT2D eigenvalue weighted by Gasteiger charge is -1.99. The van der Waals surface area contributed by atoms with Crippen LogP contribution in [0.1, 0.15) is 5.56 Å². The van der Waals surface area contributed by atoms with E-state index in [-0.39, 0.29) is 0 Å². The minimum Gasteiger partial charge on any atom is -0.475 e. The first kappa shape index (κ1) is 16.7. The molecule has 0 radical (unpaired) electrons. The molecule has 0 saturated carbocycles. The van der Waals surface area contributed by atoms with Crippen molar-refractivity contribution >= 4 is 17.6 Å². The second kappa shape index (κ2) is 7.94. The van der Waals surface area contributed by atoms with Crippen LogP contribution in [0.4, 0.5) is 13.2 Å². The van der Waals surface area contributed by atoms with Crippen molar-refractivity contribution in [3.05, 3.63) is 34.9 Å². The molecule has 0 bridgehead atoms. The van der Waals surface area contributed by atoms with Crippen molar-refractivity contribution < 1.29 is 23.1 Å². The first-order chi connectivity index (χ1) is 8.27. The Morgan fingerprint density at radius 2 is 1.78 bits per heavy atom. The average Bonchev–Trinajstić information content (AvgIpc) is 2.28. The monoisotopic (exact) mass is 283 g/mol. The molecule has 2 N–H and O–H groups in total. The van der Waals surface area contributed by atoms with E-state index in [1.54, 1.807) is 0 Å². The summed E-state index contributed by atoms with van der Waals surface area (Å²) >= 11 is 5.73. The number of carboxylic acid groups (broad SMARTS) is 1. The molecule has 0 saturated heterocycles. The highest BCUT2D eigenvalue weighted by Gasteiger charge is 2.38. The first-order valence-corrected chi connectivity index (χ1v) is 5.34. The second-order valence-electron chi connectivity index (χ2n) is 3.28. The molecule has 18 heavy (non-hydrogen) atoms. The highest BCUT2D eigenvalue weighted by molar-refractivity contribution is 6.30. The van der Waals surface area contributed by atoms with Gasteiger partial charge in [0.2, 0.25) is 0 Å². The molecule has 0 aliphatic heterocycles.